The highest BCUT2D eigenvalue weighted by Crippen LogP contribution is 2.33. The fourth-order valence-electron chi connectivity index (χ4n) is 2.46. The minimum atomic E-state index is -0.697. The van der Waals surface area contributed by atoms with E-state index >= 15 is 0 Å². The second-order valence-corrected chi connectivity index (χ2v) is 6.06. The second-order valence-electron chi connectivity index (χ2n) is 6.06. The molecule has 0 aromatic heterocycles. The molecule has 1 heterocycles. The smallest absolute Gasteiger partial charge is 0.165 e. The summed E-state index contributed by atoms with van der Waals surface area (Å²) < 4.78 is 11.5. The van der Waals surface area contributed by atoms with Crippen LogP contribution >= 0.6 is 0 Å². The quantitative estimate of drug-likeness (QED) is 0.847. The number of benzene rings is 1. The fraction of sp³-hybridized carbons (Fsp3) is 0.647. The van der Waals surface area contributed by atoms with E-state index in [1.807, 2.05) is 25.1 Å². The summed E-state index contributed by atoms with van der Waals surface area (Å²) >= 11 is 0. The summed E-state index contributed by atoms with van der Waals surface area (Å²) in [6.45, 7) is 8.68. The molecule has 118 valence electrons. The van der Waals surface area contributed by atoms with E-state index in [2.05, 4.69) is 19.2 Å². The van der Waals surface area contributed by atoms with Gasteiger partial charge in [-0.3, -0.25) is 0 Å². The monoisotopic (exact) mass is 293 g/mol. The van der Waals surface area contributed by atoms with Gasteiger partial charge < -0.3 is 19.9 Å². The van der Waals surface area contributed by atoms with E-state index < -0.39 is 5.60 Å². The van der Waals surface area contributed by atoms with Crippen molar-refractivity contribution in [1.29, 1.82) is 0 Å². The van der Waals surface area contributed by atoms with Gasteiger partial charge in [-0.25, -0.2) is 0 Å². The van der Waals surface area contributed by atoms with Crippen LogP contribution in [0.3, 0.4) is 0 Å². The summed E-state index contributed by atoms with van der Waals surface area (Å²) in [5, 5.41) is 13.8. The van der Waals surface area contributed by atoms with Crippen molar-refractivity contribution in [3.63, 3.8) is 0 Å². The van der Waals surface area contributed by atoms with Gasteiger partial charge >= 0.3 is 0 Å². The summed E-state index contributed by atoms with van der Waals surface area (Å²) in [5.41, 5.74) is 0.382. The lowest BCUT2D eigenvalue weighted by molar-refractivity contribution is 0.00530. The highest BCUT2D eigenvalue weighted by molar-refractivity contribution is 5.47. The van der Waals surface area contributed by atoms with Gasteiger partial charge in [0.15, 0.2) is 11.5 Å². The zero-order chi connectivity index (χ0) is 15.3. The maximum Gasteiger partial charge on any atom is 0.165 e. The van der Waals surface area contributed by atoms with Gasteiger partial charge in [-0.2, -0.15) is 0 Å². The molecule has 4 heteroatoms. The minimum Gasteiger partial charge on any atom is -0.490 e. The summed E-state index contributed by atoms with van der Waals surface area (Å²) in [6, 6.07) is 5.97. The van der Waals surface area contributed by atoms with Gasteiger partial charge in [0, 0.05) is 25.1 Å². The third kappa shape index (κ3) is 4.11. The Morgan fingerprint density at radius 2 is 2.10 bits per heavy atom. The molecule has 4 nitrogen and oxygen atoms in total. The van der Waals surface area contributed by atoms with Crippen LogP contribution in [0.1, 0.15) is 39.2 Å². The molecule has 0 saturated heterocycles. The van der Waals surface area contributed by atoms with Crippen molar-refractivity contribution in [1.82, 2.24) is 5.32 Å². The summed E-state index contributed by atoms with van der Waals surface area (Å²) in [6.07, 6.45) is 1.87. The summed E-state index contributed by atoms with van der Waals surface area (Å²) in [7, 11) is 0. The van der Waals surface area contributed by atoms with Crippen molar-refractivity contribution >= 4 is 0 Å². The molecule has 0 fully saturated rings. The van der Waals surface area contributed by atoms with Crippen molar-refractivity contribution in [3.05, 3.63) is 23.8 Å². The van der Waals surface area contributed by atoms with Crippen LogP contribution in [0, 0.1) is 5.92 Å². The van der Waals surface area contributed by atoms with Gasteiger partial charge in [-0.15, -0.1) is 0 Å². The van der Waals surface area contributed by atoms with Gasteiger partial charge in [0.25, 0.3) is 0 Å². The van der Waals surface area contributed by atoms with Crippen LogP contribution < -0.4 is 14.8 Å². The first kappa shape index (κ1) is 16.1. The lowest BCUT2D eigenvalue weighted by atomic mass is 9.88. The van der Waals surface area contributed by atoms with E-state index in [4.69, 9.17) is 9.47 Å². The van der Waals surface area contributed by atoms with Crippen molar-refractivity contribution in [2.24, 2.45) is 5.92 Å². The van der Waals surface area contributed by atoms with Gasteiger partial charge in [0.05, 0.1) is 18.8 Å². The lowest BCUT2D eigenvalue weighted by Crippen LogP contribution is -2.42. The van der Waals surface area contributed by atoms with Crippen LogP contribution in [0.4, 0.5) is 0 Å². The first-order valence-corrected chi connectivity index (χ1v) is 7.85. The second kappa shape index (κ2) is 7.14. The maximum absolute atomic E-state index is 10.4. The molecule has 0 radical (unpaired) electrons. The Hall–Kier alpha value is -1.26. The Morgan fingerprint density at radius 3 is 2.86 bits per heavy atom. The SMILES string of the molecule is CCC(C)C(C)(O)CNCc1cccc2c1OCCCO2. The number of aliphatic hydroxyl groups is 1. The third-order valence-electron chi connectivity index (χ3n) is 4.33. The van der Waals surface area contributed by atoms with Crippen molar-refractivity contribution in [2.75, 3.05) is 19.8 Å². The van der Waals surface area contributed by atoms with E-state index in [9.17, 15) is 5.11 Å². The number of ether oxygens (including phenoxy) is 2. The van der Waals surface area contributed by atoms with E-state index in [1.54, 1.807) is 0 Å². The van der Waals surface area contributed by atoms with E-state index in [0.29, 0.717) is 26.3 Å². The van der Waals surface area contributed by atoms with Gasteiger partial charge in [-0.1, -0.05) is 32.4 Å². The van der Waals surface area contributed by atoms with Crippen LogP contribution in [0.2, 0.25) is 0 Å². The van der Waals surface area contributed by atoms with Crippen LogP contribution in [0.15, 0.2) is 18.2 Å². The average molecular weight is 293 g/mol. The summed E-state index contributed by atoms with van der Waals surface area (Å²) in [5.74, 6) is 1.92. The Bertz CT molecular complexity index is 459. The van der Waals surface area contributed by atoms with E-state index in [0.717, 1.165) is 29.9 Å². The Balaban J connectivity index is 1.98. The molecule has 1 aliphatic heterocycles. The van der Waals surface area contributed by atoms with E-state index in [1.165, 1.54) is 0 Å². The Morgan fingerprint density at radius 1 is 1.33 bits per heavy atom. The van der Waals surface area contributed by atoms with Crippen LogP contribution in [0.25, 0.3) is 0 Å². The number of hydrogen-bond donors (Lipinski definition) is 2. The molecule has 0 spiro atoms. The van der Waals surface area contributed by atoms with Crippen LogP contribution in [0.5, 0.6) is 11.5 Å². The normalized spacial score (nSPS) is 18.7. The zero-order valence-electron chi connectivity index (χ0n) is 13.3. The zero-order valence-corrected chi connectivity index (χ0v) is 13.3. The standard InChI is InChI=1S/C17H27NO3/c1-4-13(2)17(3,19)12-18-11-14-7-5-8-15-16(14)21-10-6-9-20-15/h5,7-8,13,18-19H,4,6,9-12H2,1-3H3. The van der Waals surface area contributed by atoms with Crippen molar-refractivity contribution in [2.45, 2.75) is 45.8 Å². The molecule has 0 aliphatic carbocycles. The molecule has 2 N–H and O–H groups in total. The first-order valence-electron chi connectivity index (χ1n) is 7.85. The predicted molar refractivity (Wildman–Crippen MR) is 83.8 cm³/mol. The van der Waals surface area contributed by atoms with E-state index in [-0.39, 0.29) is 5.92 Å². The number of para-hydroxylation sites is 1. The Kier molecular flexibility index (Phi) is 5.48. The molecular weight excluding hydrogens is 266 g/mol. The molecule has 0 saturated carbocycles. The number of hydrogen-bond acceptors (Lipinski definition) is 4. The largest absolute Gasteiger partial charge is 0.490 e. The molecule has 0 bridgehead atoms. The summed E-state index contributed by atoms with van der Waals surface area (Å²) in [4.78, 5) is 0. The van der Waals surface area contributed by atoms with Gasteiger partial charge in [0.2, 0.25) is 0 Å². The number of rotatable bonds is 6. The number of fused-ring (bicyclic) bond motifs is 1. The van der Waals surface area contributed by atoms with Gasteiger partial charge in [0.1, 0.15) is 0 Å². The predicted octanol–water partition coefficient (Wildman–Crippen LogP) is 2.73. The lowest BCUT2D eigenvalue weighted by Gasteiger charge is -2.30. The topological polar surface area (TPSA) is 50.7 Å². The van der Waals surface area contributed by atoms with Gasteiger partial charge in [-0.05, 0) is 18.9 Å². The molecule has 1 aliphatic rings. The van der Waals surface area contributed by atoms with Crippen LogP contribution in [-0.2, 0) is 6.54 Å². The van der Waals surface area contributed by atoms with Crippen LogP contribution in [-0.4, -0.2) is 30.5 Å². The number of nitrogens with one attached hydrogen (secondary N) is 1. The molecule has 0 amide bonds. The average Bonchev–Trinajstić information content (AvgIpc) is 2.72. The molecular formula is C17H27NO3. The van der Waals surface area contributed by atoms with Crippen molar-refractivity contribution in [3.8, 4) is 11.5 Å². The molecule has 1 aromatic carbocycles. The molecule has 2 unspecified atom stereocenters. The molecule has 1 aromatic rings. The first-order chi connectivity index (χ1) is 10.0. The Labute approximate surface area is 127 Å². The fourth-order valence-corrected chi connectivity index (χ4v) is 2.46. The van der Waals surface area contributed by atoms with Crippen molar-refractivity contribution < 1.29 is 14.6 Å². The third-order valence-corrected chi connectivity index (χ3v) is 4.33. The highest BCUT2D eigenvalue weighted by Gasteiger charge is 2.26. The minimum absolute atomic E-state index is 0.262. The molecule has 21 heavy (non-hydrogen) atoms. The molecule has 2 rings (SSSR count). The highest BCUT2D eigenvalue weighted by atomic mass is 16.5. The maximum atomic E-state index is 10.4. The molecule has 2 atom stereocenters.